The fourth-order valence-electron chi connectivity index (χ4n) is 0.906. The molecule has 0 amide bonds. The standard InChI is InChI=1S/C10H16O/c1-6-9(7(2)3)10(11)8(4)5/h6,9-11H,1-2,4H2,3,5H3/t9-,10-/m1/s1. The Kier molecular flexibility index (Phi) is 3.83. The van der Waals surface area contributed by atoms with E-state index in [4.69, 9.17) is 0 Å². The van der Waals surface area contributed by atoms with Crippen molar-refractivity contribution in [2.45, 2.75) is 20.0 Å². The molecule has 0 bridgehead atoms. The van der Waals surface area contributed by atoms with Crippen LogP contribution >= 0.6 is 0 Å². The highest BCUT2D eigenvalue weighted by Crippen LogP contribution is 2.18. The summed E-state index contributed by atoms with van der Waals surface area (Å²) in [6.07, 6.45) is 1.16. The highest BCUT2D eigenvalue weighted by atomic mass is 16.3. The maximum atomic E-state index is 9.52. The minimum Gasteiger partial charge on any atom is -0.388 e. The molecule has 1 nitrogen and oxygen atoms in total. The molecule has 0 fully saturated rings. The first-order chi connectivity index (χ1) is 5.00. The summed E-state index contributed by atoms with van der Waals surface area (Å²) in [5.74, 6) is -0.0625. The minimum atomic E-state index is -0.537. The van der Waals surface area contributed by atoms with Gasteiger partial charge in [-0.25, -0.2) is 0 Å². The molecule has 0 spiro atoms. The summed E-state index contributed by atoms with van der Waals surface area (Å²) < 4.78 is 0. The first-order valence-electron chi connectivity index (χ1n) is 3.62. The van der Waals surface area contributed by atoms with Crippen LogP contribution in [0.25, 0.3) is 0 Å². The molecule has 0 heterocycles. The van der Waals surface area contributed by atoms with Crippen LogP contribution in [0.3, 0.4) is 0 Å². The van der Waals surface area contributed by atoms with Crippen molar-refractivity contribution in [3.63, 3.8) is 0 Å². The topological polar surface area (TPSA) is 20.2 Å². The van der Waals surface area contributed by atoms with Gasteiger partial charge in [-0.05, 0) is 13.8 Å². The van der Waals surface area contributed by atoms with Crippen molar-refractivity contribution in [2.24, 2.45) is 5.92 Å². The zero-order chi connectivity index (χ0) is 9.02. The number of aliphatic hydroxyl groups is 1. The van der Waals surface area contributed by atoms with Crippen LogP contribution in [0.15, 0.2) is 37.0 Å². The lowest BCUT2D eigenvalue weighted by atomic mass is 9.92. The van der Waals surface area contributed by atoms with Crippen molar-refractivity contribution in [1.29, 1.82) is 0 Å². The first-order valence-corrected chi connectivity index (χ1v) is 3.62. The quantitative estimate of drug-likeness (QED) is 0.613. The van der Waals surface area contributed by atoms with E-state index in [1.54, 1.807) is 13.0 Å². The second kappa shape index (κ2) is 4.14. The van der Waals surface area contributed by atoms with E-state index in [2.05, 4.69) is 19.7 Å². The largest absolute Gasteiger partial charge is 0.388 e. The molecule has 0 aromatic rings. The van der Waals surface area contributed by atoms with E-state index in [0.29, 0.717) is 0 Å². The van der Waals surface area contributed by atoms with Crippen LogP contribution in [0.5, 0.6) is 0 Å². The van der Waals surface area contributed by atoms with Gasteiger partial charge in [0.25, 0.3) is 0 Å². The fraction of sp³-hybridized carbons (Fsp3) is 0.400. The molecule has 0 unspecified atom stereocenters. The molecule has 0 rings (SSSR count). The van der Waals surface area contributed by atoms with Gasteiger partial charge in [0.15, 0.2) is 0 Å². The van der Waals surface area contributed by atoms with Crippen LogP contribution in [0.1, 0.15) is 13.8 Å². The van der Waals surface area contributed by atoms with E-state index >= 15 is 0 Å². The molecule has 0 aromatic carbocycles. The van der Waals surface area contributed by atoms with E-state index in [1.807, 2.05) is 6.92 Å². The number of aliphatic hydroxyl groups excluding tert-OH is 1. The molecule has 0 aromatic heterocycles. The summed E-state index contributed by atoms with van der Waals surface area (Å²) in [4.78, 5) is 0. The molecular formula is C10H16O. The third-order valence-electron chi connectivity index (χ3n) is 1.67. The Bertz CT molecular complexity index is 179. The molecule has 2 atom stereocenters. The monoisotopic (exact) mass is 152 g/mol. The van der Waals surface area contributed by atoms with Gasteiger partial charge >= 0.3 is 0 Å². The van der Waals surface area contributed by atoms with Gasteiger partial charge in [0, 0.05) is 5.92 Å². The Balaban J connectivity index is 4.37. The van der Waals surface area contributed by atoms with Gasteiger partial charge in [-0.15, -0.1) is 6.58 Å². The van der Waals surface area contributed by atoms with Crippen LogP contribution < -0.4 is 0 Å². The first kappa shape index (κ1) is 10.2. The molecule has 62 valence electrons. The predicted molar refractivity (Wildman–Crippen MR) is 49.3 cm³/mol. The predicted octanol–water partition coefficient (Wildman–Crippen LogP) is 2.30. The summed E-state index contributed by atoms with van der Waals surface area (Å²) in [7, 11) is 0. The molecule has 0 aliphatic rings. The highest BCUT2D eigenvalue weighted by Gasteiger charge is 2.16. The van der Waals surface area contributed by atoms with E-state index in [9.17, 15) is 5.11 Å². The van der Waals surface area contributed by atoms with Crippen molar-refractivity contribution in [2.75, 3.05) is 0 Å². The smallest absolute Gasteiger partial charge is 0.0844 e. The van der Waals surface area contributed by atoms with Crippen LogP contribution in [0.2, 0.25) is 0 Å². The van der Waals surface area contributed by atoms with Gasteiger partial charge in [0.05, 0.1) is 6.10 Å². The SMILES string of the molecule is C=C[C@H](C(=C)C)[C@H](O)C(=C)C. The average molecular weight is 152 g/mol. The van der Waals surface area contributed by atoms with Crippen LogP contribution in [0.4, 0.5) is 0 Å². The normalized spacial score (nSPS) is 15.2. The third-order valence-corrected chi connectivity index (χ3v) is 1.67. The Morgan fingerprint density at radius 3 is 1.82 bits per heavy atom. The molecule has 0 saturated heterocycles. The maximum Gasteiger partial charge on any atom is 0.0844 e. The van der Waals surface area contributed by atoms with Gasteiger partial charge in [-0.1, -0.05) is 30.4 Å². The Morgan fingerprint density at radius 1 is 1.27 bits per heavy atom. The van der Waals surface area contributed by atoms with Crippen molar-refractivity contribution < 1.29 is 5.11 Å². The molecular weight excluding hydrogens is 136 g/mol. The van der Waals surface area contributed by atoms with Crippen LogP contribution in [-0.2, 0) is 0 Å². The second-order valence-electron chi connectivity index (χ2n) is 2.90. The molecule has 0 saturated carbocycles. The van der Waals surface area contributed by atoms with Gasteiger partial charge in [-0.3, -0.25) is 0 Å². The molecule has 0 aliphatic carbocycles. The molecule has 1 heteroatoms. The summed E-state index contributed by atoms with van der Waals surface area (Å²) in [6.45, 7) is 14.7. The highest BCUT2D eigenvalue weighted by molar-refractivity contribution is 5.15. The van der Waals surface area contributed by atoms with E-state index in [-0.39, 0.29) is 5.92 Å². The summed E-state index contributed by atoms with van der Waals surface area (Å²) in [5.41, 5.74) is 1.66. The van der Waals surface area contributed by atoms with Gasteiger partial charge in [0.1, 0.15) is 0 Å². The lowest BCUT2D eigenvalue weighted by Crippen LogP contribution is -2.19. The third kappa shape index (κ3) is 2.72. The molecule has 11 heavy (non-hydrogen) atoms. The summed E-state index contributed by atoms with van der Waals surface area (Å²) in [6, 6.07) is 0. The number of hydrogen-bond acceptors (Lipinski definition) is 1. The zero-order valence-electron chi connectivity index (χ0n) is 7.30. The van der Waals surface area contributed by atoms with E-state index in [0.717, 1.165) is 11.1 Å². The Morgan fingerprint density at radius 2 is 1.73 bits per heavy atom. The van der Waals surface area contributed by atoms with Crippen LogP contribution in [-0.4, -0.2) is 11.2 Å². The summed E-state index contributed by atoms with van der Waals surface area (Å²) in [5, 5.41) is 9.52. The molecule has 1 N–H and O–H groups in total. The van der Waals surface area contributed by atoms with Crippen molar-refractivity contribution in [3.05, 3.63) is 37.0 Å². The Hall–Kier alpha value is -0.820. The van der Waals surface area contributed by atoms with E-state index < -0.39 is 6.10 Å². The lowest BCUT2D eigenvalue weighted by Gasteiger charge is -2.19. The fourth-order valence-corrected chi connectivity index (χ4v) is 0.906. The van der Waals surface area contributed by atoms with Gasteiger partial charge in [0.2, 0.25) is 0 Å². The van der Waals surface area contributed by atoms with Crippen molar-refractivity contribution in [3.8, 4) is 0 Å². The van der Waals surface area contributed by atoms with Gasteiger partial charge < -0.3 is 5.11 Å². The number of hydrogen-bond donors (Lipinski definition) is 1. The maximum absolute atomic E-state index is 9.52. The van der Waals surface area contributed by atoms with Gasteiger partial charge in [-0.2, -0.15) is 0 Å². The van der Waals surface area contributed by atoms with Crippen molar-refractivity contribution in [1.82, 2.24) is 0 Å². The average Bonchev–Trinajstić information content (AvgIpc) is 1.88. The van der Waals surface area contributed by atoms with Crippen molar-refractivity contribution >= 4 is 0 Å². The zero-order valence-corrected chi connectivity index (χ0v) is 7.30. The summed E-state index contributed by atoms with van der Waals surface area (Å²) >= 11 is 0. The van der Waals surface area contributed by atoms with Crippen LogP contribution in [0, 0.1) is 5.92 Å². The second-order valence-corrected chi connectivity index (χ2v) is 2.90. The van der Waals surface area contributed by atoms with E-state index in [1.165, 1.54) is 0 Å². The lowest BCUT2D eigenvalue weighted by molar-refractivity contribution is 0.181. The minimum absolute atomic E-state index is 0.0625. The molecule has 0 radical (unpaired) electrons. The number of rotatable bonds is 4. The molecule has 0 aliphatic heterocycles. The Labute approximate surface area is 68.7 Å².